The lowest BCUT2D eigenvalue weighted by molar-refractivity contribution is 0.322. The summed E-state index contributed by atoms with van der Waals surface area (Å²) < 4.78 is 0. The Hall–Kier alpha value is -1.26. The molecule has 1 aromatic carbocycles. The third kappa shape index (κ3) is 2.90. The van der Waals surface area contributed by atoms with E-state index in [0.29, 0.717) is 0 Å². The molecule has 0 aliphatic rings. The number of aliphatic hydroxyl groups is 1. The van der Waals surface area contributed by atoms with Gasteiger partial charge in [0.2, 0.25) is 0 Å². The third-order valence-electron chi connectivity index (χ3n) is 2.53. The number of aliphatic hydroxyl groups excluding tert-OH is 1. The van der Waals surface area contributed by atoms with Crippen molar-refractivity contribution in [2.24, 2.45) is 0 Å². The highest BCUT2D eigenvalue weighted by Gasteiger charge is 2.05. The fraction of sp³-hybridized carbons (Fsp3) is 0.308. The van der Waals surface area contributed by atoms with Gasteiger partial charge in [-0.1, -0.05) is 18.2 Å². The van der Waals surface area contributed by atoms with Gasteiger partial charge >= 0.3 is 0 Å². The number of rotatable bonds is 5. The van der Waals surface area contributed by atoms with Crippen molar-refractivity contribution in [1.29, 1.82) is 0 Å². The van der Waals surface area contributed by atoms with Crippen LogP contribution in [-0.2, 0) is 5.75 Å². The molecule has 2 aromatic rings. The summed E-state index contributed by atoms with van der Waals surface area (Å²) in [5.41, 5.74) is 2.19. The molecule has 90 valence electrons. The van der Waals surface area contributed by atoms with Gasteiger partial charge in [0, 0.05) is 29.5 Å². The lowest BCUT2D eigenvalue weighted by atomic mass is 10.1. The Bertz CT molecular complexity index is 502. The van der Waals surface area contributed by atoms with Gasteiger partial charge in [-0.15, -0.1) is 0 Å². The molecule has 2 rings (SSSR count). The maximum Gasteiger partial charge on any atom is 0.130 e. The number of hydrogen-bond acceptors (Lipinski definition) is 4. The molecule has 4 heteroatoms. The fourth-order valence-electron chi connectivity index (χ4n) is 1.73. The number of thioether (sulfide) groups is 1. The number of hydrogen-bond donors (Lipinski definition) is 2. The molecule has 0 spiro atoms. The summed E-state index contributed by atoms with van der Waals surface area (Å²) in [5.74, 6) is 2.55. The number of para-hydroxylation sites is 1. The van der Waals surface area contributed by atoms with Crippen LogP contribution in [0.5, 0.6) is 0 Å². The van der Waals surface area contributed by atoms with Crippen LogP contribution in [0.25, 0.3) is 10.9 Å². The molecule has 0 fully saturated rings. The van der Waals surface area contributed by atoms with Gasteiger partial charge in [-0.25, -0.2) is 4.98 Å². The third-order valence-corrected chi connectivity index (χ3v) is 3.52. The Morgan fingerprint density at radius 1 is 1.35 bits per heavy atom. The van der Waals surface area contributed by atoms with Crippen molar-refractivity contribution >= 4 is 28.5 Å². The highest BCUT2D eigenvalue weighted by Crippen LogP contribution is 2.23. The Labute approximate surface area is 105 Å². The van der Waals surface area contributed by atoms with E-state index in [1.165, 1.54) is 5.56 Å². The van der Waals surface area contributed by atoms with E-state index in [4.69, 9.17) is 5.11 Å². The molecule has 0 aliphatic carbocycles. The summed E-state index contributed by atoms with van der Waals surface area (Å²) in [5, 5.41) is 13.1. The Kier molecular flexibility index (Phi) is 4.23. The minimum absolute atomic E-state index is 0.223. The van der Waals surface area contributed by atoms with Crippen molar-refractivity contribution in [3.05, 3.63) is 35.9 Å². The Morgan fingerprint density at radius 3 is 2.94 bits per heavy atom. The molecule has 0 unspecified atom stereocenters. The minimum atomic E-state index is 0.223. The molecule has 0 atom stereocenters. The molecule has 0 bridgehead atoms. The van der Waals surface area contributed by atoms with Gasteiger partial charge in [-0.05, 0) is 12.1 Å². The quantitative estimate of drug-likeness (QED) is 0.798. The molecule has 0 amide bonds. The van der Waals surface area contributed by atoms with Gasteiger partial charge in [0.15, 0.2) is 0 Å². The van der Waals surface area contributed by atoms with Crippen LogP contribution in [0.1, 0.15) is 5.56 Å². The molecule has 0 saturated carbocycles. The number of aromatic nitrogens is 1. The highest BCUT2D eigenvalue weighted by atomic mass is 32.2. The molecule has 2 N–H and O–H groups in total. The van der Waals surface area contributed by atoms with Crippen LogP contribution in [0.2, 0.25) is 0 Å². The first-order valence-corrected chi connectivity index (χ1v) is 6.75. The number of benzene rings is 1. The molecule has 1 aromatic heterocycles. The number of fused-ring (bicyclic) bond motifs is 1. The highest BCUT2D eigenvalue weighted by molar-refractivity contribution is 7.98. The number of anilines is 1. The zero-order valence-corrected chi connectivity index (χ0v) is 10.6. The number of nitrogens with one attached hydrogen (secondary N) is 1. The average Bonchev–Trinajstić information content (AvgIpc) is 2.38. The smallest absolute Gasteiger partial charge is 0.130 e. The van der Waals surface area contributed by atoms with Crippen molar-refractivity contribution in [3.8, 4) is 0 Å². The molecule has 0 aliphatic heterocycles. The molecule has 17 heavy (non-hydrogen) atoms. The summed E-state index contributed by atoms with van der Waals surface area (Å²) in [4.78, 5) is 4.59. The van der Waals surface area contributed by atoms with E-state index in [0.717, 1.165) is 28.2 Å². The van der Waals surface area contributed by atoms with Crippen LogP contribution in [0.15, 0.2) is 30.3 Å². The zero-order valence-electron chi connectivity index (χ0n) is 9.81. The molecule has 0 saturated heterocycles. The Balaban J connectivity index is 2.32. The molecule has 3 nitrogen and oxygen atoms in total. The second kappa shape index (κ2) is 5.89. The van der Waals surface area contributed by atoms with E-state index in [1.54, 1.807) is 11.8 Å². The largest absolute Gasteiger partial charge is 0.396 e. The van der Waals surface area contributed by atoms with Crippen LogP contribution >= 0.6 is 11.8 Å². The van der Waals surface area contributed by atoms with Crippen molar-refractivity contribution in [2.45, 2.75) is 5.75 Å². The molecular formula is C13H16N2OS. The average molecular weight is 248 g/mol. The van der Waals surface area contributed by atoms with Gasteiger partial charge in [0.1, 0.15) is 5.82 Å². The summed E-state index contributed by atoms with van der Waals surface area (Å²) in [7, 11) is 1.89. The zero-order chi connectivity index (χ0) is 12.1. The second-order valence-corrected chi connectivity index (χ2v) is 4.82. The molecular weight excluding hydrogens is 232 g/mol. The van der Waals surface area contributed by atoms with E-state index in [-0.39, 0.29) is 6.61 Å². The first-order valence-electron chi connectivity index (χ1n) is 5.60. The molecule has 1 heterocycles. The maximum absolute atomic E-state index is 8.79. The van der Waals surface area contributed by atoms with Gasteiger partial charge in [0.25, 0.3) is 0 Å². The first kappa shape index (κ1) is 12.2. The first-order chi connectivity index (χ1) is 8.35. The standard InChI is InChI=1S/C13H16N2OS/c1-14-13-11(9-17-7-6-16)8-10-4-2-3-5-12(10)15-13/h2-5,8,16H,6-7,9H2,1H3,(H,14,15). The van der Waals surface area contributed by atoms with Crippen molar-refractivity contribution in [2.75, 3.05) is 24.7 Å². The van der Waals surface area contributed by atoms with Gasteiger partial charge < -0.3 is 10.4 Å². The molecule has 0 radical (unpaired) electrons. The lowest BCUT2D eigenvalue weighted by Gasteiger charge is -2.09. The van der Waals surface area contributed by atoms with E-state index in [2.05, 4.69) is 22.4 Å². The van der Waals surface area contributed by atoms with Gasteiger partial charge in [-0.3, -0.25) is 0 Å². The Morgan fingerprint density at radius 2 is 2.18 bits per heavy atom. The maximum atomic E-state index is 8.79. The monoisotopic (exact) mass is 248 g/mol. The van der Waals surface area contributed by atoms with Crippen LogP contribution < -0.4 is 5.32 Å². The summed E-state index contributed by atoms with van der Waals surface area (Å²) in [6.07, 6.45) is 0. The van der Waals surface area contributed by atoms with Crippen LogP contribution in [0, 0.1) is 0 Å². The summed E-state index contributed by atoms with van der Waals surface area (Å²) >= 11 is 1.71. The predicted molar refractivity (Wildman–Crippen MR) is 74.5 cm³/mol. The van der Waals surface area contributed by atoms with Gasteiger partial charge in [0.05, 0.1) is 12.1 Å². The van der Waals surface area contributed by atoms with E-state index >= 15 is 0 Å². The van der Waals surface area contributed by atoms with Crippen LogP contribution in [-0.4, -0.2) is 29.5 Å². The lowest BCUT2D eigenvalue weighted by Crippen LogP contribution is -1.99. The van der Waals surface area contributed by atoms with E-state index in [9.17, 15) is 0 Å². The SMILES string of the molecule is CNc1nc2ccccc2cc1CSCCO. The van der Waals surface area contributed by atoms with Crippen LogP contribution in [0.4, 0.5) is 5.82 Å². The van der Waals surface area contributed by atoms with Gasteiger partial charge in [-0.2, -0.15) is 11.8 Å². The van der Waals surface area contributed by atoms with E-state index in [1.807, 2.05) is 25.2 Å². The normalized spacial score (nSPS) is 10.7. The second-order valence-electron chi connectivity index (χ2n) is 3.71. The van der Waals surface area contributed by atoms with Crippen molar-refractivity contribution in [3.63, 3.8) is 0 Å². The van der Waals surface area contributed by atoms with Crippen LogP contribution in [0.3, 0.4) is 0 Å². The van der Waals surface area contributed by atoms with Crippen molar-refractivity contribution in [1.82, 2.24) is 4.98 Å². The summed E-state index contributed by atoms with van der Waals surface area (Å²) in [6.45, 7) is 0.223. The van der Waals surface area contributed by atoms with E-state index < -0.39 is 0 Å². The predicted octanol–water partition coefficient (Wildman–Crippen LogP) is 2.50. The number of pyridine rings is 1. The summed E-state index contributed by atoms with van der Waals surface area (Å²) in [6, 6.07) is 10.3. The fourth-order valence-corrected chi connectivity index (χ4v) is 2.45. The number of nitrogens with zero attached hydrogens (tertiary/aromatic N) is 1. The van der Waals surface area contributed by atoms with Crippen molar-refractivity contribution < 1.29 is 5.11 Å². The minimum Gasteiger partial charge on any atom is -0.396 e. The topological polar surface area (TPSA) is 45.2 Å².